The number of benzene rings is 2. The van der Waals surface area contributed by atoms with Crippen molar-refractivity contribution in [3.8, 4) is 5.75 Å². The smallest absolute Gasteiger partial charge is 0.416 e. The molecule has 30 heavy (non-hydrogen) atoms. The highest BCUT2D eigenvalue weighted by atomic mass is 127. The van der Waals surface area contributed by atoms with Crippen LogP contribution in [0.5, 0.6) is 5.75 Å². The van der Waals surface area contributed by atoms with Crippen LogP contribution in [-0.2, 0) is 16.3 Å². The molecule has 164 valence electrons. The average Bonchev–Trinajstić information content (AvgIpc) is 2.73. The van der Waals surface area contributed by atoms with E-state index in [1.807, 2.05) is 0 Å². The lowest BCUT2D eigenvalue weighted by molar-refractivity contribution is -0.137. The van der Waals surface area contributed by atoms with Crippen molar-refractivity contribution < 1.29 is 22.6 Å². The van der Waals surface area contributed by atoms with Crippen molar-refractivity contribution in [3.05, 3.63) is 59.7 Å². The Morgan fingerprint density at radius 3 is 2.43 bits per heavy atom. The van der Waals surface area contributed by atoms with Crippen molar-refractivity contribution >= 4 is 35.6 Å². The zero-order valence-corrected chi connectivity index (χ0v) is 18.9. The molecule has 1 fully saturated rings. The van der Waals surface area contributed by atoms with Crippen molar-refractivity contribution in [3.63, 3.8) is 0 Å². The number of nitrogens with one attached hydrogen (secondary N) is 1. The maximum Gasteiger partial charge on any atom is 0.416 e. The molecular weight excluding hydrogens is 510 g/mol. The quantitative estimate of drug-likeness (QED) is 0.328. The molecule has 0 spiro atoms. The fraction of sp³-hybridized carbons (Fsp3) is 0.381. The second-order valence-corrected chi connectivity index (χ2v) is 7.03. The summed E-state index contributed by atoms with van der Waals surface area (Å²) in [6, 6.07) is 12.7. The molecule has 0 atom stereocenters. The van der Waals surface area contributed by atoms with E-state index in [1.165, 1.54) is 12.1 Å². The molecule has 0 amide bonds. The maximum atomic E-state index is 13.2. The Hall–Kier alpha value is -2.01. The van der Waals surface area contributed by atoms with Crippen molar-refractivity contribution in [2.24, 2.45) is 10.7 Å². The number of aliphatic imine (C=N–C) groups is 1. The van der Waals surface area contributed by atoms with Crippen LogP contribution in [0.1, 0.15) is 24.0 Å². The highest BCUT2D eigenvalue weighted by Crippen LogP contribution is 2.38. The van der Waals surface area contributed by atoms with Gasteiger partial charge in [0.2, 0.25) is 0 Å². The fourth-order valence-corrected chi connectivity index (χ4v) is 3.42. The Balaban J connectivity index is 0.00000320. The van der Waals surface area contributed by atoms with E-state index in [4.69, 9.17) is 15.2 Å². The molecule has 1 heterocycles. The standard InChI is InChI=1S/C21H24F3N3O2.HI/c1-28-18-7-5-17(6-8-18)27-19(25)26-14-20(9-11-29-12-10-20)15-3-2-4-16(13-15)21(22,23)24;/h2-8,13H,9-12,14H2,1H3,(H3,25,26,27);1H. The molecule has 9 heteroatoms. The largest absolute Gasteiger partial charge is 0.497 e. The van der Waals surface area contributed by atoms with Crippen LogP contribution in [0, 0.1) is 0 Å². The van der Waals surface area contributed by atoms with Crippen LogP contribution in [0.15, 0.2) is 53.5 Å². The molecule has 1 aliphatic heterocycles. The molecule has 3 N–H and O–H groups in total. The first-order valence-electron chi connectivity index (χ1n) is 9.29. The molecule has 1 aliphatic rings. The summed E-state index contributed by atoms with van der Waals surface area (Å²) in [6.07, 6.45) is -3.23. The Morgan fingerprint density at radius 2 is 1.83 bits per heavy atom. The summed E-state index contributed by atoms with van der Waals surface area (Å²) >= 11 is 0. The van der Waals surface area contributed by atoms with Crippen molar-refractivity contribution in [2.75, 3.05) is 32.2 Å². The van der Waals surface area contributed by atoms with Gasteiger partial charge in [-0.05, 0) is 48.7 Å². The number of guanidine groups is 1. The van der Waals surface area contributed by atoms with Crippen LogP contribution in [0.25, 0.3) is 0 Å². The molecule has 0 bridgehead atoms. The second-order valence-electron chi connectivity index (χ2n) is 7.03. The zero-order valence-electron chi connectivity index (χ0n) is 16.5. The number of anilines is 1. The number of nitrogens with zero attached hydrogens (tertiary/aromatic N) is 1. The van der Waals surface area contributed by atoms with E-state index in [2.05, 4.69) is 10.3 Å². The van der Waals surface area contributed by atoms with Crippen LogP contribution in [0.2, 0.25) is 0 Å². The summed E-state index contributed by atoms with van der Waals surface area (Å²) in [4.78, 5) is 4.44. The monoisotopic (exact) mass is 535 g/mol. The summed E-state index contributed by atoms with van der Waals surface area (Å²) < 4.78 is 50.1. The highest BCUT2D eigenvalue weighted by molar-refractivity contribution is 14.0. The van der Waals surface area contributed by atoms with E-state index < -0.39 is 17.2 Å². The van der Waals surface area contributed by atoms with Crippen molar-refractivity contribution in [1.82, 2.24) is 0 Å². The van der Waals surface area contributed by atoms with Crippen molar-refractivity contribution in [1.29, 1.82) is 0 Å². The van der Waals surface area contributed by atoms with Crippen molar-refractivity contribution in [2.45, 2.75) is 24.4 Å². The van der Waals surface area contributed by atoms with Crippen LogP contribution in [0.4, 0.5) is 18.9 Å². The zero-order chi connectivity index (χ0) is 20.9. The third-order valence-electron chi connectivity index (χ3n) is 5.17. The molecule has 2 aromatic rings. The topological polar surface area (TPSA) is 68.9 Å². The third kappa shape index (κ3) is 6.00. The number of nitrogens with two attached hydrogens (primary N) is 1. The predicted octanol–water partition coefficient (Wildman–Crippen LogP) is 4.81. The molecule has 2 aromatic carbocycles. The van der Waals surface area contributed by atoms with E-state index in [9.17, 15) is 13.2 Å². The van der Waals surface area contributed by atoms with E-state index in [1.54, 1.807) is 37.4 Å². The number of rotatable bonds is 5. The van der Waals surface area contributed by atoms with Gasteiger partial charge in [-0.3, -0.25) is 4.99 Å². The second kappa shape index (κ2) is 10.3. The summed E-state index contributed by atoms with van der Waals surface area (Å²) in [7, 11) is 1.58. The van der Waals surface area contributed by atoms with Gasteiger partial charge in [0, 0.05) is 24.3 Å². The summed E-state index contributed by atoms with van der Waals surface area (Å²) in [5.41, 5.74) is 6.17. The first kappa shape index (κ1) is 24.3. The number of halogens is 4. The molecule has 0 aromatic heterocycles. The number of hydrogen-bond donors (Lipinski definition) is 2. The van der Waals surface area contributed by atoms with Gasteiger partial charge in [0.05, 0.1) is 19.2 Å². The fourth-order valence-electron chi connectivity index (χ4n) is 3.42. The Bertz CT molecular complexity index is 851. The molecule has 0 saturated carbocycles. The summed E-state index contributed by atoms with van der Waals surface area (Å²) in [5.74, 6) is 0.921. The average molecular weight is 535 g/mol. The third-order valence-corrected chi connectivity index (χ3v) is 5.17. The van der Waals surface area contributed by atoms with Gasteiger partial charge >= 0.3 is 6.18 Å². The van der Waals surface area contributed by atoms with Gasteiger partial charge < -0.3 is 20.5 Å². The van der Waals surface area contributed by atoms with E-state index >= 15 is 0 Å². The molecule has 0 aliphatic carbocycles. The van der Waals surface area contributed by atoms with Gasteiger partial charge in [0.25, 0.3) is 0 Å². The lowest BCUT2D eigenvalue weighted by Crippen LogP contribution is -2.38. The first-order chi connectivity index (χ1) is 13.8. The Labute approximate surface area is 190 Å². The normalized spacial score (nSPS) is 16.5. The number of ether oxygens (including phenoxy) is 2. The van der Waals surface area contributed by atoms with E-state index in [-0.39, 0.29) is 36.5 Å². The van der Waals surface area contributed by atoms with Gasteiger partial charge in [0.15, 0.2) is 5.96 Å². The van der Waals surface area contributed by atoms with Crippen LogP contribution in [0.3, 0.4) is 0 Å². The SMILES string of the molecule is COc1ccc(NC(N)=NCC2(c3cccc(C(F)(F)F)c3)CCOCC2)cc1.I. The highest BCUT2D eigenvalue weighted by Gasteiger charge is 2.37. The number of hydrogen-bond acceptors (Lipinski definition) is 3. The van der Waals surface area contributed by atoms with Crippen LogP contribution in [-0.4, -0.2) is 32.8 Å². The Morgan fingerprint density at radius 1 is 1.17 bits per heavy atom. The summed E-state index contributed by atoms with van der Waals surface area (Å²) in [5, 5.41) is 3.00. The van der Waals surface area contributed by atoms with Crippen LogP contribution < -0.4 is 15.8 Å². The minimum atomic E-state index is -4.39. The van der Waals surface area contributed by atoms with Gasteiger partial charge in [-0.2, -0.15) is 13.2 Å². The molecular formula is C21H25F3IN3O2. The lowest BCUT2D eigenvalue weighted by atomic mass is 9.74. The minimum absolute atomic E-state index is 0. The van der Waals surface area contributed by atoms with Gasteiger partial charge in [0.1, 0.15) is 5.75 Å². The van der Waals surface area contributed by atoms with Crippen LogP contribution >= 0.6 is 24.0 Å². The number of methoxy groups -OCH3 is 1. The maximum absolute atomic E-state index is 13.2. The van der Waals surface area contributed by atoms with Gasteiger partial charge in [-0.25, -0.2) is 0 Å². The molecule has 0 radical (unpaired) electrons. The molecule has 1 saturated heterocycles. The summed E-state index contributed by atoms with van der Waals surface area (Å²) in [6.45, 7) is 1.21. The van der Waals surface area contributed by atoms with E-state index in [0.717, 1.165) is 17.5 Å². The minimum Gasteiger partial charge on any atom is -0.497 e. The number of alkyl halides is 3. The molecule has 3 rings (SSSR count). The van der Waals surface area contributed by atoms with E-state index in [0.29, 0.717) is 31.6 Å². The Kier molecular flexibility index (Phi) is 8.36. The molecule has 0 unspecified atom stereocenters. The lowest BCUT2D eigenvalue weighted by Gasteiger charge is -2.37. The van der Waals surface area contributed by atoms with Gasteiger partial charge in [-0.1, -0.05) is 18.2 Å². The predicted molar refractivity (Wildman–Crippen MR) is 122 cm³/mol. The first-order valence-corrected chi connectivity index (χ1v) is 9.29. The van der Waals surface area contributed by atoms with Gasteiger partial charge in [-0.15, -0.1) is 24.0 Å². The molecule has 5 nitrogen and oxygen atoms in total.